The Hall–Kier alpha value is -3.30. The van der Waals surface area contributed by atoms with Crippen molar-refractivity contribution in [2.75, 3.05) is 32.6 Å². The van der Waals surface area contributed by atoms with Gasteiger partial charge in [0.05, 0.1) is 5.39 Å². The number of amides is 2. The number of imide groups is 1. The summed E-state index contributed by atoms with van der Waals surface area (Å²) in [6.07, 6.45) is 0.652. The summed E-state index contributed by atoms with van der Waals surface area (Å²) in [6, 6.07) is 8.03. The van der Waals surface area contributed by atoms with Crippen LogP contribution < -0.4 is 15.4 Å². The Balaban J connectivity index is 1.70. The van der Waals surface area contributed by atoms with E-state index in [1.54, 1.807) is 18.3 Å². The molecule has 3 heterocycles. The first-order chi connectivity index (χ1) is 15.8. The first-order valence-electron chi connectivity index (χ1n) is 10.8. The maximum absolute atomic E-state index is 12.2. The van der Waals surface area contributed by atoms with Crippen LogP contribution in [0.25, 0.3) is 20.7 Å². The van der Waals surface area contributed by atoms with Gasteiger partial charge in [-0.05, 0) is 63.3 Å². The van der Waals surface area contributed by atoms with E-state index in [1.165, 1.54) is 0 Å². The Morgan fingerprint density at radius 2 is 1.82 bits per heavy atom. The molecule has 1 aromatic carbocycles. The van der Waals surface area contributed by atoms with E-state index in [-0.39, 0.29) is 11.6 Å². The van der Waals surface area contributed by atoms with Crippen LogP contribution in [0.15, 0.2) is 35.5 Å². The molecular weight excluding hydrogens is 438 g/mol. The molecule has 0 fully saturated rings. The third-order valence-corrected chi connectivity index (χ3v) is 6.72. The van der Waals surface area contributed by atoms with Crippen molar-refractivity contribution < 1.29 is 14.3 Å². The molecule has 0 saturated heterocycles. The molecule has 0 saturated carbocycles. The summed E-state index contributed by atoms with van der Waals surface area (Å²) in [7, 11) is 4.03. The van der Waals surface area contributed by atoms with Crippen molar-refractivity contribution >= 4 is 39.2 Å². The van der Waals surface area contributed by atoms with E-state index in [0.717, 1.165) is 38.5 Å². The van der Waals surface area contributed by atoms with Crippen LogP contribution in [0.2, 0.25) is 0 Å². The lowest BCUT2D eigenvalue weighted by Gasteiger charge is -2.11. The van der Waals surface area contributed by atoms with E-state index >= 15 is 0 Å². The number of carbonyl (C=O) groups is 2. The molecule has 1 aliphatic heterocycles. The molecule has 2 N–H and O–H groups in total. The maximum Gasteiger partial charge on any atom is 0.275 e. The molecule has 8 nitrogen and oxygen atoms in total. The third-order valence-electron chi connectivity index (χ3n) is 5.49. The predicted octanol–water partition coefficient (Wildman–Crippen LogP) is 3.51. The number of rotatable bonds is 8. The molecule has 2 amide bonds. The molecule has 2 aromatic heterocycles. The molecule has 0 atom stereocenters. The Kier molecular flexibility index (Phi) is 6.44. The summed E-state index contributed by atoms with van der Waals surface area (Å²) in [5.74, 6) is 1.21. The van der Waals surface area contributed by atoms with E-state index < -0.39 is 5.91 Å². The largest absolute Gasteiger partial charge is 0.492 e. The number of hydrogen-bond acceptors (Lipinski definition) is 8. The maximum atomic E-state index is 12.2. The zero-order valence-corrected chi connectivity index (χ0v) is 20.2. The topological polar surface area (TPSA) is 96.5 Å². The van der Waals surface area contributed by atoms with Crippen LogP contribution in [0, 0.1) is 6.92 Å². The van der Waals surface area contributed by atoms with Crippen molar-refractivity contribution in [3.63, 3.8) is 0 Å². The first kappa shape index (κ1) is 22.9. The Bertz CT molecular complexity index is 1260. The highest BCUT2D eigenvalue weighted by molar-refractivity contribution is 7.22. The van der Waals surface area contributed by atoms with Crippen LogP contribution in [0.1, 0.15) is 25.2 Å². The van der Waals surface area contributed by atoms with Gasteiger partial charge in [-0.2, -0.15) is 0 Å². The van der Waals surface area contributed by atoms with Gasteiger partial charge in [-0.1, -0.05) is 6.92 Å². The van der Waals surface area contributed by atoms with Gasteiger partial charge in [0, 0.05) is 23.4 Å². The number of benzene rings is 1. The molecule has 172 valence electrons. The second kappa shape index (κ2) is 9.29. The summed E-state index contributed by atoms with van der Waals surface area (Å²) in [5, 5.41) is 6.28. The fraction of sp³-hybridized carbons (Fsp3) is 0.333. The van der Waals surface area contributed by atoms with E-state index in [1.807, 2.05) is 52.2 Å². The number of anilines is 1. The van der Waals surface area contributed by atoms with Gasteiger partial charge in [0.25, 0.3) is 11.8 Å². The number of carbonyl (C=O) groups excluding carboxylic acids is 2. The van der Waals surface area contributed by atoms with Gasteiger partial charge >= 0.3 is 0 Å². The highest BCUT2D eigenvalue weighted by atomic mass is 32.1. The molecule has 1 aliphatic rings. The van der Waals surface area contributed by atoms with Gasteiger partial charge in [0.2, 0.25) is 0 Å². The van der Waals surface area contributed by atoms with E-state index in [4.69, 9.17) is 9.72 Å². The van der Waals surface area contributed by atoms with Crippen LogP contribution in [-0.4, -0.2) is 53.9 Å². The van der Waals surface area contributed by atoms with Crippen LogP contribution in [0.3, 0.4) is 0 Å². The van der Waals surface area contributed by atoms with E-state index in [2.05, 4.69) is 20.5 Å². The normalized spacial score (nSPS) is 13.9. The van der Waals surface area contributed by atoms with Gasteiger partial charge < -0.3 is 15.0 Å². The number of likely N-dealkylation sites (N-methyl/N-ethyl adjacent to an activating group) is 1. The lowest BCUT2D eigenvalue weighted by Crippen LogP contribution is -2.24. The second-order valence-electron chi connectivity index (χ2n) is 8.16. The monoisotopic (exact) mass is 465 g/mol. The van der Waals surface area contributed by atoms with Gasteiger partial charge in [-0.25, -0.2) is 9.97 Å². The van der Waals surface area contributed by atoms with Gasteiger partial charge in [0.15, 0.2) is 0 Å². The number of aryl methyl sites for hydroxylation is 2. The molecular formula is C24H27N5O3S. The molecule has 9 heteroatoms. The fourth-order valence-electron chi connectivity index (χ4n) is 3.57. The molecule has 3 aromatic rings. The number of thiophene rings is 1. The minimum absolute atomic E-state index is 0.230. The number of nitrogens with zero attached hydrogens (tertiary/aromatic N) is 3. The standard InChI is InChI=1S/C24H27N5O3S/c1-6-17-25-21(27-19-14(3)22(30)28-23(19)31)18-13(2)20(33-24(18)26-17)15-7-9-16(10-8-15)32-12-11-29(4)5/h7-10H,6,11-12H2,1-5H3,(H2,25,26,27,28,30,31). The van der Waals surface area contributed by atoms with Crippen LogP contribution >= 0.6 is 11.3 Å². The molecule has 0 bridgehead atoms. The van der Waals surface area contributed by atoms with Crippen molar-refractivity contribution in [3.8, 4) is 16.2 Å². The zero-order chi connectivity index (χ0) is 23.7. The Morgan fingerprint density at radius 1 is 1.09 bits per heavy atom. The Labute approximate surface area is 196 Å². The van der Waals surface area contributed by atoms with Gasteiger partial charge in [-0.15, -0.1) is 11.3 Å². The SMILES string of the molecule is CCc1nc(NC2=C(C)C(=O)NC2=O)c2c(C)c(-c3ccc(OCCN(C)C)cc3)sc2n1. The number of fused-ring (bicyclic) bond motifs is 1. The van der Waals surface area contributed by atoms with Crippen LogP contribution in [0.5, 0.6) is 5.75 Å². The first-order valence-corrected chi connectivity index (χ1v) is 11.6. The zero-order valence-electron chi connectivity index (χ0n) is 19.4. The lowest BCUT2D eigenvalue weighted by atomic mass is 10.1. The van der Waals surface area contributed by atoms with Crippen molar-refractivity contribution in [3.05, 3.63) is 46.9 Å². The molecule has 0 spiro atoms. The third kappa shape index (κ3) is 4.60. The number of hydrogen-bond donors (Lipinski definition) is 2. The number of ether oxygens (including phenoxy) is 1. The molecule has 0 unspecified atom stereocenters. The second-order valence-corrected chi connectivity index (χ2v) is 9.16. The molecule has 0 aliphatic carbocycles. The smallest absolute Gasteiger partial charge is 0.275 e. The number of nitrogens with one attached hydrogen (secondary N) is 2. The van der Waals surface area contributed by atoms with Crippen LogP contribution in [0.4, 0.5) is 5.82 Å². The average molecular weight is 466 g/mol. The average Bonchev–Trinajstić information content (AvgIpc) is 3.24. The summed E-state index contributed by atoms with van der Waals surface area (Å²) >= 11 is 1.59. The lowest BCUT2D eigenvalue weighted by molar-refractivity contribution is -0.124. The quantitative estimate of drug-likeness (QED) is 0.492. The van der Waals surface area contributed by atoms with Crippen molar-refractivity contribution in [2.45, 2.75) is 27.2 Å². The fourth-order valence-corrected chi connectivity index (χ4v) is 4.77. The molecule has 33 heavy (non-hydrogen) atoms. The predicted molar refractivity (Wildman–Crippen MR) is 130 cm³/mol. The summed E-state index contributed by atoms with van der Waals surface area (Å²) in [4.78, 5) is 37.5. The number of aromatic nitrogens is 2. The van der Waals surface area contributed by atoms with Gasteiger partial charge in [0.1, 0.15) is 34.5 Å². The highest BCUT2D eigenvalue weighted by Gasteiger charge is 2.28. The summed E-state index contributed by atoms with van der Waals surface area (Å²) in [5.41, 5.74) is 2.66. The van der Waals surface area contributed by atoms with Gasteiger partial charge in [-0.3, -0.25) is 14.9 Å². The molecule has 4 rings (SSSR count). The van der Waals surface area contributed by atoms with Crippen molar-refractivity contribution in [2.24, 2.45) is 0 Å². The minimum atomic E-state index is -0.444. The van der Waals surface area contributed by atoms with E-state index in [0.29, 0.717) is 30.2 Å². The van der Waals surface area contributed by atoms with E-state index in [9.17, 15) is 9.59 Å². The van der Waals surface area contributed by atoms with Crippen molar-refractivity contribution in [1.29, 1.82) is 0 Å². The summed E-state index contributed by atoms with van der Waals surface area (Å²) < 4.78 is 5.81. The minimum Gasteiger partial charge on any atom is -0.492 e. The Morgan fingerprint density at radius 3 is 2.42 bits per heavy atom. The van der Waals surface area contributed by atoms with Crippen molar-refractivity contribution in [1.82, 2.24) is 20.2 Å². The summed E-state index contributed by atoms with van der Waals surface area (Å²) in [6.45, 7) is 7.11. The molecule has 0 radical (unpaired) electrons. The van der Waals surface area contributed by atoms with Crippen LogP contribution in [-0.2, 0) is 16.0 Å². The highest BCUT2D eigenvalue weighted by Crippen LogP contribution is 2.41.